The minimum atomic E-state index is -0.418. The van der Waals surface area contributed by atoms with Crippen molar-refractivity contribution in [2.75, 3.05) is 25.0 Å². The van der Waals surface area contributed by atoms with Gasteiger partial charge in [0.25, 0.3) is 0 Å². The van der Waals surface area contributed by atoms with Crippen molar-refractivity contribution in [3.63, 3.8) is 0 Å². The van der Waals surface area contributed by atoms with Gasteiger partial charge in [-0.05, 0) is 77.4 Å². The standard InChI is InChI=1S/C31H32ClN3O4S/c1-21(2)22-8-10-25(11-9-22)39-20-28-27-13-16-40-29(27)12-14-35(28)30(36)19-34(18-26-7-4-15-38-26)31(37)33-24-6-3-5-23(32)17-24/h3-11,13,15-17,21,28H,12,14,18-20H2,1-2H3,(H,33,37)/t28-/m1/s1. The van der Waals surface area contributed by atoms with Crippen LogP contribution < -0.4 is 10.1 Å². The number of ether oxygens (including phenoxy) is 1. The van der Waals surface area contributed by atoms with Gasteiger partial charge in [0, 0.05) is 22.1 Å². The number of amides is 3. The maximum absolute atomic E-state index is 13.8. The summed E-state index contributed by atoms with van der Waals surface area (Å²) in [4.78, 5) is 31.7. The fraction of sp³-hybridized carbons (Fsp3) is 0.290. The molecule has 0 unspecified atom stereocenters. The summed E-state index contributed by atoms with van der Waals surface area (Å²) in [7, 11) is 0. The third-order valence-corrected chi connectivity index (χ3v) is 8.22. The number of hydrogen-bond donors (Lipinski definition) is 1. The van der Waals surface area contributed by atoms with Crippen LogP contribution in [0, 0.1) is 0 Å². The van der Waals surface area contributed by atoms with E-state index >= 15 is 0 Å². The highest BCUT2D eigenvalue weighted by atomic mass is 35.5. The van der Waals surface area contributed by atoms with Gasteiger partial charge in [-0.2, -0.15) is 0 Å². The van der Waals surface area contributed by atoms with Crippen LogP contribution in [0.3, 0.4) is 0 Å². The largest absolute Gasteiger partial charge is 0.491 e. The monoisotopic (exact) mass is 577 g/mol. The number of halogens is 1. The number of benzene rings is 2. The Morgan fingerprint density at radius 3 is 2.70 bits per heavy atom. The first kappa shape index (κ1) is 27.8. The lowest BCUT2D eigenvalue weighted by atomic mass is 10.00. The molecule has 4 aromatic rings. The molecule has 1 N–H and O–H groups in total. The molecule has 0 fully saturated rings. The topological polar surface area (TPSA) is 75.0 Å². The number of anilines is 1. The number of carbonyl (C=O) groups is 2. The van der Waals surface area contributed by atoms with Gasteiger partial charge in [0.1, 0.15) is 24.7 Å². The van der Waals surface area contributed by atoms with Gasteiger partial charge in [-0.3, -0.25) is 4.79 Å². The van der Waals surface area contributed by atoms with E-state index in [1.54, 1.807) is 54.0 Å². The summed E-state index contributed by atoms with van der Waals surface area (Å²) in [6.45, 7) is 5.21. The van der Waals surface area contributed by atoms with Gasteiger partial charge in [0.2, 0.25) is 5.91 Å². The molecule has 1 atom stereocenters. The van der Waals surface area contributed by atoms with Crippen molar-refractivity contribution in [1.29, 1.82) is 0 Å². The number of rotatable bonds is 9. The Labute approximate surface area is 243 Å². The van der Waals surface area contributed by atoms with Crippen molar-refractivity contribution < 1.29 is 18.7 Å². The molecule has 0 bridgehead atoms. The molecule has 3 amide bonds. The van der Waals surface area contributed by atoms with E-state index in [9.17, 15) is 9.59 Å². The molecule has 0 aliphatic carbocycles. The van der Waals surface area contributed by atoms with E-state index in [1.165, 1.54) is 15.3 Å². The molecule has 40 heavy (non-hydrogen) atoms. The number of furan rings is 1. The smallest absolute Gasteiger partial charge is 0.322 e. The minimum Gasteiger partial charge on any atom is -0.491 e. The van der Waals surface area contributed by atoms with Gasteiger partial charge in [-0.15, -0.1) is 11.3 Å². The number of nitrogens with zero attached hydrogens (tertiary/aromatic N) is 2. The van der Waals surface area contributed by atoms with Crippen LogP contribution >= 0.6 is 22.9 Å². The Morgan fingerprint density at radius 2 is 1.98 bits per heavy atom. The van der Waals surface area contributed by atoms with E-state index in [-0.39, 0.29) is 25.0 Å². The van der Waals surface area contributed by atoms with Gasteiger partial charge < -0.3 is 24.3 Å². The van der Waals surface area contributed by atoms with Crippen molar-refractivity contribution in [2.45, 2.75) is 38.8 Å². The summed E-state index contributed by atoms with van der Waals surface area (Å²) in [6, 6.07) is 19.9. The molecule has 208 valence electrons. The summed E-state index contributed by atoms with van der Waals surface area (Å²) in [5, 5.41) is 5.42. The molecule has 7 nitrogen and oxygen atoms in total. The summed E-state index contributed by atoms with van der Waals surface area (Å²) >= 11 is 7.80. The number of nitrogens with one attached hydrogen (secondary N) is 1. The highest BCUT2D eigenvalue weighted by Crippen LogP contribution is 2.34. The SMILES string of the molecule is CC(C)c1ccc(OC[C@@H]2c3ccsc3CCN2C(=O)CN(Cc2ccco2)C(=O)Nc2cccc(Cl)c2)cc1. The van der Waals surface area contributed by atoms with Gasteiger partial charge in [0.15, 0.2) is 0 Å². The molecular weight excluding hydrogens is 546 g/mol. The van der Waals surface area contributed by atoms with E-state index in [0.29, 0.717) is 35.5 Å². The second-order valence-corrected chi connectivity index (χ2v) is 11.5. The number of urea groups is 1. The lowest BCUT2D eigenvalue weighted by Gasteiger charge is -2.37. The molecule has 1 aliphatic rings. The Kier molecular flexibility index (Phi) is 8.77. The number of hydrogen-bond acceptors (Lipinski definition) is 5. The fourth-order valence-electron chi connectivity index (χ4n) is 4.81. The summed E-state index contributed by atoms with van der Waals surface area (Å²) in [6.07, 6.45) is 2.32. The van der Waals surface area contributed by atoms with Gasteiger partial charge >= 0.3 is 6.03 Å². The van der Waals surface area contributed by atoms with Crippen LogP contribution in [-0.2, 0) is 17.8 Å². The lowest BCUT2D eigenvalue weighted by molar-refractivity contribution is -0.135. The Morgan fingerprint density at radius 1 is 1.15 bits per heavy atom. The number of fused-ring (bicyclic) bond motifs is 1. The predicted octanol–water partition coefficient (Wildman–Crippen LogP) is 7.36. The van der Waals surface area contributed by atoms with E-state index in [1.807, 2.05) is 17.0 Å². The van der Waals surface area contributed by atoms with Crippen molar-refractivity contribution in [2.24, 2.45) is 0 Å². The average molecular weight is 578 g/mol. The van der Waals surface area contributed by atoms with Crippen molar-refractivity contribution in [3.8, 4) is 5.75 Å². The third-order valence-electron chi connectivity index (χ3n) is 6.99. The van der Waals surface area contributed by atoms with Crippen LogP contribution in [0.2, 0.25) is 5.02 Å². The second kappa shape index (κ2) is 12.6. The molecule has 9 heteroatoms. The number of thiophene rings is 1. The Balaban J connectivity index is 1.33. The first-order valence-corrected chi connectivity index (χ1v) is 14.6. The molecule has 0 spiro atoms. The lowest BCUT2D eigenvalue weighted by Crippen LogP contribution is -2.48. The normalized spacial score (nSPS) is 14.6. The fourth-order valence-corrected chi connectivity index (χ4v) is 5.93. The Hall–Kier alpha value is -3.75. The van der Waals surface area contributed by atoms with E-state index in [0.717, 1.165) is 17.7 Å². The van der Waals surface area contributed by atoms with E-state index < -0.39 is 6.03 Å². The zero-order valence-corrected chi connectivity index (χ0v) is 24.1. The van der Waals surface area contributed by atoms with Crippen molar-refractivity contribution >= 4 is 40.6 Å². The molecule has 0 saturated carbocycles. The molecule has 3 heterocycles. The summed E-state index contributed by atoms with van der Waals surface area (Å²) in [5.74, 6) is 1.62. The van der Waals surface area contributed by atoms with Gasteiger partial charge in [-0.25, -0.2) is 4.79 Å². The van der Waals surface area contributed by atoms with E-state index in [4.69, 9.17) is 20.8 Å². The second-order valence-electron chi connectivity index (χ2n) is 10.1. The highest BCUT2D eigenvalue weighted by molar-refractivity contribution is 7.10. The van der Waals surface area contributed by atoms with Crippen LogP contribution in [-0.4, -0.2) is 41.4 Å². The zero-order valence-electron chi connectivity index (χ0n) is 22.5. The zero-order chi connectivity index (χ0) is 28.1. The summed E-state index contributed by atoms with van der Waals surface area (Å²) in [5.41, 5.74) is 2.89. The first-order chi connectivity index (χ1) is 19.4. The molecular formula is C31H32ClN3O4S. The molecule has 1 aliphatic heterocycles. The number of carbonyl (C=O) groups excluding carboxylic acids is 2. The van der Waals surface area contributed by atoms with E-state index in [2.05, 4.69) is 42.7 Å². The minimum absolute atomic E-state index is 0.119. The molecule has 0 saturated heterocycles. The average Bonchev–Trinajstić information content (AvgIpc) is 3.64. The van der Waals surface area contributed by atoms with Crippen molar-refractivity contribution in [1.82, 2.24) is 9.80 Å². The molecule has 2 aromatic carbocycles. The maximum atomic E-state index is 13.8. The van der Waals surface area contributed by atoms with Crippen LogP contribution in [0.25, 0.3) is 0 Å². The van der Waals surface area contributed by atoms with Crippen LogP contribution in [0.5, 0.6) is 5.75 Å². The molecule has 0 radical (unpaired) electrons. The quantitative estimate of drug-likeness (QED) is 0.225. The van der Waals surface area contributed by atoms with Gasteiger partial charge in [0.05, 0.1) is 18.8 Å². The first-order valence-electron chi connectivity index (χ1n) is 13.3. The maximum Gasteiger partial charge on any atom is 0.322 e. The molecule has 5 rings (SSSR count). The van der Waals surface area contributed by atoms with Crippen LogP contribution in [0.1, 0.15) is 47.6 Å². The molecule has 2 aromatic heterocycles. The van der Waals surface area contributed by atoms with Gasteiger partial charge in [-0.1, -0.05) is 43.6 Å². The van der Waals surface area contributed by atoms with Crippen LogP contribution in [0.15, 0.2) is 82.8 Å². The predicted molar refractivity (Wildman–Crippen MR) is 158 cm³/mol. The Bertz CT molecular complexity index is 1440. The van der Waals surface area contributed by atoms with Crippen molar-refractivity contribution in [3.05, 3.63) is 105 Å². The highest BCUT2D eigenvalue weighted by Gasteiger charge is 2.33. The van der Waals surface area contributed by atoms with Crippen LogP contribution in [0.4, 0.5) is 10.5 Å². The third kappa shape index (κ3) is 6.69. The summed E-state index contributed by atoms with van der Waals surface area (Å²) < 4.78 is 11.7.